The number of halogens is 1. The zero-order valence-corrected chi connectivity index (χ0v) is 10.8. The lowest BCUT2D eigenvalue weighted by Crippen LogP contribution is -1.90. The van der Waals surface area contributed by atoms with Crippen molar-refractivity contribution in [2.24, 2.45) is 0 Å². The topological polar surface area (TPSA) is 30.2 Å². The Kier molecular flexibility index (Phi) is 2.44. The summed E-state index contributed by atoms with van der Waals surface area (Å²) in [7, 11) is 0. The normalized spacial score (nSPS) is 10.9. The van der Waals surface area contributed by atoms with Gasteiger partial charge in [-0.3, -0.25) is 0 Å². The van der Waals surface area contributed by atoms with Crippen LogP contribution in [0.15, 0.2) is 47.2 Å². The second-order valence-corrected chi connectivity index (χ2v) is 4.89. The zero-order valence-electron chi connectivity index (χ0n) is 9.26. The Morgan fingerprint density at radius 2 is 1.94 bits per heavy atom. The first-order valence-electron chi connectivity index (χ1n) is 5.30. The summed E-state index contributed by atoms with van der Waals surface area (Å²) in [6.07, 6.45) is 3.83. The molecular formula is C13H10BrN3. The maximum absolute atomic E-state index is 4.51. The minimum Gasteiger partial charge on any atom is -0.237 e. The summed E-state index contributed by atoms with van der Waals surface area (Å²) in [5.41, 5.74) is 4.00. The Morgan fingerprint density at radius 1 is 1.18 bits per heavy atom. The molecular weight excluding hydrogens is 278 g/mol. The highest BCUT2D eigenvalue weighted by atomic mass is 79.9. The van der Waals surface area contributed by atoms with Gasteiger partial charge in [-0.05, 0) is 24.6 Å². The predicted molar refractivity (Wildman–Crippen MR) is 70.9 cm³/mol. The van der Waals surface area contributed by atoms with Crippen molar-refractivity contribution in [3.63, 3.8) is 0 Å². The average Bonchev–Trinajstić information content (AvgIpc) is 2.72. The van der Waals surface area contributed by atoms with Gasteiger partial charge in [-0.25, -0.2) is 9.50 Å². The Hall–Kier alpha value is -1.68. The number of hydrogen-bond acceptors (Lipinski definition) is 2. The molecule has 17 heavy (non-hydrogen) atoms. The van der Waals surface area contributed by atoms with E-state index in [0.717, 1.165) is 26.9 Å². The van der Waals surface area contributed by atoms with Gasteiger partial charge in [0, 0.05) is 28.5 Å². The smallest absolute Gasteiger partial charge is 0.155 e. The average molecular weight is 288 g/mol. The van der Waals surface area contributed by atoms with E-state index in [1.54, 1.807) is 0 Å². The molecule has 0 saturated heterocycles. The fraction of sp³-hybridized carbons (Fsp3) is 0.0769. The van der Waals surface area contributed by atoms with Crippen LogP contribution in [0, 0.1) is 6.92 Å². The van der Waals surface area contributed by atoms with Crippen LogP contribution in [-0.2, 0) is 0 Å². The molecule has 2 aromatic heterocycles. The lowest BCUT2D eigenvalue weighted by molar-refractivity contribution is 0.931. The van der Waals surface area contributed by atoms with Gasteiger partial charge < -0.3 is 0 Å². The monoisotopic (exact) mass is 287 g/mol. The van der Waals surface area contributed by atoms with Crippen LogP contribution in [0.25, 0.3) is 16.9 Å². The third kappa shape index (κ3) is 1.96. The molecule has 2 heterocycles. The summed E-state index contributed by atoms with van der Waals surface area (Å²) >= 11 is 3.42. The molecule has 0 aliphatic rings. The van der Waals surface area contributed by atoms with Gasteiger partial charge in [0.05, 0.1) is 5.69 Å². The summed E-state index contributed by atoms with van der Waals surface area (Å²) in [6.45, 7) is 2.01. The molecule has 4 heteroatoms. The molecule has 0 radical (unpaired) electrons. The summed E-state index contributed by atoms with van der Waals surface area (Å²) in [5.74, 6) is 0. The second-order valence-electron chi connectivity index (χ2n) is 3.97. The summed E-state index contributed by atoms with van der Waals surface area (Å²) in [6, 6.07) is 10.1. The van der Waals surface area contributed by atoms with Crippen LogP contribution in [0.2, 0.25) is 0 Å². The highest BCUT2D eigenvalue weighted by molar-refractivity contribution is 9.10. The Morgan fingerprint density at radius 3 is 2.71 bits per heavy atom. The second kappa shape index (κ2) is 3.96. The number of rotatable bonds is 1. The van der Waals surface area contributed by atoms with E-state index in [-0.39, 0.29) is 0 Å². The van der Waals surface area contributed by atoms with Crippen molar-refractivity contribution in [3.05, 3.63) is 52.8 Å². The van der Waals surface area contributed by atoms with Crippen LogP contribution < -0.4 is 0 Å². The third-order valence-corrected chi connectivity index (χ3v) is 3.11. The number of aromatic nitrogens is 3. The fourth-order valence-corrected chi connectivity index (χ4v) is 2.00. The maximum atomic E-state index is 4.51. The van der Waals surface area contributed by atoms with Crippen LogP contribution in [0.1, 0.15) is 5.56 Å². The van der Waals surface area contributed by atoms with Crippen LogP contribution in [0.3, 0.4) is 0 Å². The van der Waals surface area contributed by atoms with E-state index in [1.807, 2.05) is 54.2 Å². The number of fused-ring (bicyclic) bond motifs is 1. The van der Waals surface area contributed by atoms with Crippen LogP contribution in [0.5, 0.6) is 0 Å². The molecule has 3 aromatic rings. The van der Waals surface area contributed by atoms with Crippen LogP contribution in [0.4, 0.5) is 0 Å². The van der Waals surface area contributed by atoms with Gasteiger partial charge >= 0.3 is 0 Å². The summed E-state index contributed by atoms with van der Waals surface area (Å²) in [4.78, 5) is 4.34. The van der Waals surface area contributed by atoms with Gasteiger partial charge in [-0.1, -0.05) is 28.1 Å². The van der Waals surface area contributed by atoms with Crippen molar-refractivity contribution < 1.29 is 0 Å². The van der Waals surface area contributed by atoms with Gasteiger partial charge in [-0.15, -0.1) is 0 Å². The van der Waals surface area contributed by atoms with Crippen molar-refractivity contribution in [1.29, 1.82) is 0 Å². The van der Waals surface area contributed by atoms with Gasteiger partial charge in [-0.2, -0.15) is 5.10 Å². The Bertz CT molecular complexity index is 671. The van der Waals surface area contributed by atoms with E-state index >= 15 is 0 Å². The highest BCUT2D eigenvalue weighted by Gasteiger charge is 2.04. The zero-order chi connectivity index (χ0) is 11.8. The van der Waals surface area contributed by atoms with E-state index in [9.17, 15) is 0 Å². The van der Waals surface area contributed by atoms with E-state index in [1.165, 1.54) is 0 Å². The number of nitrogens with zero attached hydrogens (tertiary/aromatic N) is 3. The minimum absolute atomic E-state index is 0.869. The molecule has 0 atom stereocenters. The molecule has 0 fully saturated rings. The first kappa shape index (κ1) is 10.5. The molecule has 0 unspecified atom stereocenters. The van der Waals surface area contributed by atoms with E-state index in [0.29, 0.717) is 0 Å². The van der Waals surface area contributed by atoms with Crippen molar-refractivity contribution in [1.82, 2.24) is 14.6 Å². The highest BCUT2D eigenvalue weighted by Crippen LogP contribution is 2.21. The number of hydrogen-bond donors (Lipinski definition) is 0. The fourth-order valence-electron chi connectivity index (χ4n) is 1.73. The quantitative estimate of drug-likeness (QED) is 0.686. The van der Waals surface area contributed by atoms with E-state index in [2.05, 4.69) is 26.0 Å². The molecule has 3 nitrogen and oxygen atoms in total. The molecule has 0 amide bonds. The van der Waals surface area contributed by atoms with Crippen molar-refractivity contribution in [3.8, 4) is 11.3 Å². The van der Waals surface area contributed by atoms with E-state index in [4.69, 9.17) is 0 Å². The molecule has 0 bridgehead atoms. The Balaban J connectivity index is 2.14. The predicted octanol–water partition coefficient (Wildman–Crippen LogP) is 3.47. The molecule has 3 rings (SSSR count). The molecule has 1 aromatic carbocycles. The van der Waals surface area contributed by atoms with Crippen molar-refractivity contribution >= 4 is 21.6 Å². The third-order valence-electron chi connectivity index (χ3n) is 2.58. The van der Waals surface area contributed by atoms with Gasteiger partial charge in [0.1, 0.15) is 0 Å². The summed E-state index contributed by atoms with van der Waals surface area (Å²) in [5, 5.41) is 4.51. The van der Waals surface area contributed by atoms with Gasteiger partial charge in [0.2, 0.25) is 0 Å². The van der Waals surface area contributed by atoms with Gasteiger partial charge in [0.15, 0.2) is 5.65 Å². The SMILES string of the molecule is Cc1cnc2cc(-c3ccc(Br)cc3)nn2c1. The standard InChI is InChI=1S/C13H10BrN3/c1-9-7-15-13-6-12(16-17(13)8-9)10-2-4-11(14)5-3-10/h2-8H,1H3. The lowest BCUT2D eigenvalue weighted by Gasteiger charge is -1.95. The molecule has 84 valence electrons. The first-order valence-corrected chi connectivity index (χ1v) is 6.10. The van der Waals surface area contributed by atoms with Gasteiger partial charge in [0.25, 0.3) is 0 Å². The van der Waals surface area contributed by atoms with Crippen LogP contribution >= 0.6 is 15.9 Å². The lowest BCUT2D eigenvalue weighted by atomic mass is 10.2. The molecule has 0 aliphatic carbocycles. The van der Waals surface area contributed by atoms with Crippen molar-refractivity contribution in [2.75, 3.05) is 0 Å². The molecule has 0 aliphatic heterocycles. The number of aryl methyl sites for hydroxylation is 1. The molecule has 0 spiro atoms. The minimum atomic E-state index is 0.869. The summed E-state index contributed by atoms with van der Waals surface area (Å²) < 4.78 is 2.88. The van der Waals surface area contributed by atoms with Crippen LogP contribution in [-0.4, -0.2) is 14.6 Å². The van der Waals surface area contributed by atoms with E-state index < -0.39 is 0 Å². The molecule has 0 N–H and O–H groups in total. The number of benzene rings is 1. The van der Waals surface area contributed by atoms with Crippen molar-refractivity contribution in [2.45, 2.75) is 6.92 Å². The maximum Gasteiger partial charge on any atom is 0.155 e. The first-order chi connectivity index (χ1) is 8.22. The largest absolute Gasteiger partial charge is 0.237 e. The molecule has 0 saturated carbocycles. The Labute approximate surface area is 107 Å².